The van der Waals surface area contributed by atoms with E-state index in [0.717, 1.165) is 5.56 Å². The zero-order chi connectivity index (χ0) is 10.4. The molecule has 0 radical (unpaired) electrons. The van der Waals surface area contributed by atoms with Crippen LogP contribution in [-0.2, 0) is 11.3 Å². The first-order chi connectivity index (χ1) is 6.74. The molecule has 1 rings (SSSR count). The zero-order valence-electron chi connectivity index (χ0n) is 7.93. The van der Waals surface area contributed by atoms with Gasteiger partial charge in [0, 0.05) is 18.8 Å². The fourth-order valence-electron chi connectivity index (χ4n) is 0.946. The summed E-state index contributed by atoms with van der Waals surface area (Å²) in [5.41, 5.74) is 0.897. The number of rotatable bonds is 4. The molecule has 0 unspecified atom stereocenters. The van der Waals surface area contributed by atoms with Crippen molar-refractivity contribution in [2.75, 3.05) is 20.3 Å². The summed E-state index contributed by atoms with van der Waals surface area (Å²) in [5.74, 6) is 0. The van der Waals surface area contributed by atoms with Crippen molar-refractivity contribution in [2.45, 2.75) is 6.54 Å². The third kappa shape index (κ3) is 3.06. The van der Waals surface area contributed by atoms with Gasteiger partial charge in [0.1, 0.15) is 6.61 Å². The lowest BCUT2D eigenvalue weighted by atomic mass is 10.3. The van der Waals surface area contributed by atoms with E-state index in [9.17, 15) is 4.79 Å². The lowest BCUT2D eigenvalue weighted by molar-refractivity contribution is 0.0894. The Bertz CT molecular complexity index is 273. The molecule has 0 saturated carbocycles. The molecule has 0 aliphatic rings. The average Bonchev–Trinajstić information content (AvgIpc) is 2.66. The standard InChI is InChI=1S/C8H13N3O3/c1-11(8(13)14-3-2-12)6-7-4-9-10-5-7/h4-5,12H,2-3,6H2,1H3,(H,9,10). The maximum atomic E-state index is 11.2. The number of hydrogen-bond acceptors (Lipinski definition) is 4. The molecule has 1 aromatic heterocycles. The number of aliphatic hydroxyl groups is 1. The van der Waals surface area contributed by atoms with Crippen LogP contribution in [0.3, 0.4) is 0 Å². The van der Waals surface area contributed by atoms with Crippen molar-refractivity contribution in [1.29, 1.82) is 0 Å². The summed E-state index contributed by atoms with van der Waals surface area (Å²) in [7, 11) is 1.62. The van der Waals surface area contributed by atoms with Gasteiger partial charge in [-0.1, -0.05) is 0 Å². The molecule has 0 aliphatic heterocycles. The van der Waals surface area contributed by atoms with Gasteiger partial charge in [0.2, 0.25) is 0 Å². The van der Waals surface area contributed by atoms with Crippen LogP contribution in [0.4, 0.5) is 4.79 Å². The van der Waals surface area contributed by atoms with Crippen LogP contribution in [0.2, 0.25) is 0 Å². The quantitative estimate of drug-likeness (QED) is 0.713. The molecule has 2 N–H and O–H groups in total. The molecule has 0 aliphatic carbocycles. The summed E-state index contributed by atoms with van der Waals surface area (Å²) >= 11 is 0. The molecular weight excluding hydrogens is 186 g/mol. The van der Waals surface area contributed by atoms with Gasteiger partial charge in [-0.2, -0.15) is 5.10 Å². The second kappa shape index (κ2) is 5.23. The Morgan fingerprint density at radius 1 is 1.79 bits per heavy atom. The summed E-state index contributed by atoms with van der Waals surface area (Å²) in [6.45, 7) is 0.292. The Balaban J connectivity index is 2.34. The van der Waals surface area contributed by atoms with Crippen molar-refractivity contribution in [3.05, 3.63) is 18.0 Å². The van der Waals surface area contributed by atoms with E-state index in [2.05, 4.69) is 10.2 Å². The minimum absolute atomic E-state index is 0.0224. The fourth-order valence-corrected chi connectivity index (χ4v) is 0.946. The first-order valence-electron chi connectivity index (χ1n) is 4.20. The van der Waals surface area contributed by atoms with E-state index < -0.39 is 6.09 Å². The van der Waals surface area contributed by atoms with Gasteiger partial charge in [0.25, 0.3) is 0 Å². The van der Waals surface area contributed by atoms with Gasteiger partial charge in [-0.3, -0.25) is 5.10 Å². The second-order valence-electron chi connectivity index (χ2n) is 2.80. The molecule has 78 valence electrons. The number of carbonyl (C=O) groups excluding carboxylic acids is 1. The van der Waals surface area contributed by atoms with E-state index in [1.165, 1.54) is 4.90 Å². The molecule has 6 heteroatoms. The van der Waals surface area contributed by atoms with E-state index in [1.807, 2.05) is 0 Å². The Hall–Kier alpha value is -1.56. The predicted octanol–water partition coefficient (Wildman–Crippen LogP) is -0.0296. The molecule has 1 heterocycles. The van der Waals surface area contributed by atoms with Crippen LogP contribution in [0.1, 0.15) is 5.56 Å². The zero-order valence-corrected chi connectivity index (χ0v) is 7.93. The van der Waals surface area contributed by atoms with Gasteiger partial charge < -0.3 is 14.7 Å². The van der Waals surface area contributed by atoms with Crippen LogP contribution in [0, 0.1) is 0 Å². The van der Waals surface area contributed by atoms with Gasteiger partial charge in [0.15, 0.2) is 0 Å². The number of aromatic nitrogens is 2. The average molecular weight is 199 g/mol. The first-order valence-corrected chi connectivity index (χ1v) is 4.20. The minimum Gasteiger partial charge on any atom is -0.447 e. The van der Waals surface area contributed by atoms with Crippen LogP contribution in [0.25, 0.3) is 0 Å². The number of aliphatic hydroxyl groups excluding tert-OH is 1. The normalized spacial score (nSPS) is 9.86. The van der Waals surface area contributed by atoms with Crippen LogP contribution in [-0.4, -0.2) is 46.6 Å². The molecular formula is C8H13N3O3. The Morgan fingerprint density at radius 3 is 3.14 bits per heavy atom. The van der Waals surface area contributed by atoms with E-state index in [0.29, 0.717) is 6.54 Å². The number of nitrogens with one attached hydrogen (secondary N) is 1. The second-order valence-corrected chi connectivity index (χ2v) is 2.80. The maximum Gasteiger partial charge on any atom is 0.409 e. The van der Waals surface area contributed by atoms with Crippen molar-refractivity contribution in [3.8, 4) is 0 Å². The molecule has 0 bridgehead atoms. The summed E-state index contributed by atoms with van der Waals surface area (Å²) in [6, 6.07) is 0. The third-order valence-electron chi connectivity index (χ3n) is 1.60. The highest BCUT2D eigenvalue weighted by Crippen LogP contribution is 2.00. The van der Waals surface area contributed by atoms with Gasteiger partial charge in [-0.25, -0.2) is 4.79 Å². The van der Waals surface area contributed by atoms with Crippen molar-refractivity contribution >= 4 is 6.09 Å². The molecule has 0 spiro atoms. The van der Waals surface area contributed by atoms with Gasteiger partial charge in [0.05, 0.1) is 19.3 Å². The van der Waals surface area contributed by atoms with Gasteiger partial charge >= 0.3 is 6.09 Å². The largest absolute Gasteiger partial charge is 0.447 e. The van der Waals surface area contributed by atoms with Gasteiger partial charge in [-0.05, 0) is 0 Å². The highest BCUT2D eigenvalue weighted by molar-refractivity contribution is 5.67. The summed E-state index contributed by atoms with van der Waals surface area (Å²) in [4.78, 5) is 12.6. The molecule has 1 amide bonds. The predicted molar refractivity (Wildman–Crippen MR) is 48.5 cm³/mol. The van der Waals surface area contributed by atoms with Crippen LogP contribution >= 0.6 is 0 Å². The number of ether oxygens (including phenoxy) is 1. The van der Waals surface area contributed by atoms with Gasteiger partial charge in [-0.15, -0.1) is 0 Å². The number of H-pyrrole nitrogens is 1. The van der Waals surface area contributed by atoms with Crippen LogP contribution in [0.5, 0.6) is 0 Å². The maximum absolute atomic E-state index is 11.2. The number of aromatic amines is 1. The number of hydrogen-bond donors (Lipinski definition) is 2. The molecule has 0 fully saturated rings. The van der Waals surface area contributed by atoms with E-state index >= 15 is 0 Å². The molecule has 0 saturated heterocycles. The third-order valence-corrected chi connectivity index (χ3v) is 1.60. The van der Waals surface area contributed by atoms with Crippen LogP contribution < -0.4 is 0 Å². The number of nitrogens with zero attached hydrogens (tertiary/aromatic N) is 2. The number of carbonyl (C=O) groups is 1. The van der Waals surface area contributed by atoms with Crippen molar-refractivity contribution in [2.24, 2.45) is 0 Å². The Labute approximate surface area is 81.5 Å². The molecule has 0 aromatic carbocycles. The molecule has 0 atom stereocenters. The summed E-state index contributed by atoms with van der Waals surface area (Å²) in [6.07, 6.45) is 2.88. The smallest absolute Gasteiger partial charge is 0.409 e. The van der Waals surface area contributed by atoms with Crippen molar-refractivity contribution in [3.63, 3.8) is 0 Å². The van der Waals surface area contributed by atoms with Crippen molar-refractivity contribution in [1.82, 2.24) is 15.1 Å². The Morgan fingerprint density at radius 2 is 2.57 bits per heavy atom. The van der Waals surface area contributed by atoms with Crippen LogP contribution in [0.15, 0.2) is 12.4 Å². The summed E-state index contributed by atoms with van der Waals surface area (Å²) < 4.78 is 4.71. The number of amides is 1. The Kier molecular flexibility index (Phi) is 3.93. The first kappa shape index (κ1) is 10.5. The highest BCUT2D eigenvalue weighted by Gasteiger charge is 2.10. The van der Waals surface area contributed by atoms with E-state index in [-0.39, 0.29) is 13.2 Å². The summed E-state index contributed by atoms with van der Waals surface area (Å²) in [5, 5.41) is 14.8. The molecule has 1 aromatic rings. The lowest BCUT2D eigenvalue weighted by Crippen LogP contribution is -2.27. The topological polar surface area (TPSA) is 78.5 Å². The lowest BCUT2D eigenvalue weighted by Gasteiger charge is -2.15. The monoisotopic (exact) mass is 199 g/mol. The van der Waals surface area contributed by atoms with E-state index in [1.54, 1.807) is 19.4 Å². The van der Waals surface area contributed by atoms with E-state index in [4.69, 9.17) is 9.84 Å². The fraction of sp³-hybridized carbons (Fsp3) is 0.500. The minimum atomic E-state index is -0.458. The highest BCUT2D eigenvalue weighted by atomic mass is 16.6. The van der Waals surface area contributed by atoms with Crippen molar-refractivity contribution < 1.29 is 14.6 Å². The SMILES string of the molecule is CN(Cc1cn[nH]c1)C(=O)OCCO. The molecule has 6 nitrogen and oxygen atoms in total. The molecule has 14 heavy (non-hydrogen) atoms.